The molecule has 5 rings (SSSR count). The molecule has 0 saturated carbocycles. The standard InChI is InChI=1S/C36H46FN7O6/c1-40(2)14-15-41(3)36(49)30-11-13-33(46)42(4)21-34(47)44-20-25(39-32(45)16-23-19-38-29-9-7-6-8-27(23)29)18-26(44)22-50-31-12-10-24(37)17-28(31)35(48)43(30)5/h6-10,12,17,19,25-26,30,38H,11,13-16,18,20-22H2,1-5H3,(H,39,45)/t25-,26-,30-/m0/s1. The number of carbonyl (C=O) groups excluding carboxylic acids is 5. The molecular formula is C36H46FN7O6. The molecule has 5 amide bonds. The average molecular weight is 692 g/mol. The fraction of sp³-hybridized carbons (Fsp3) is 0.472. The van der Waals surface area contributed by atoms with Crippen LogP contribution in [0.3, 0.4) is 0 Å². The second-order valence-corrected chi connectivity index (χ2v) is 13.5. The van der Waals surface area contributed by atoms with Crippen molar-refractivity contribution in [3.05, 3.63) is 65.6 Å². The van der Waals surface area contributed by atoms with E-state index in [0.29, 0.717) is 19.5 Å². The molecular weight excluding hydrogens is 645 g/mol. The predicted molar refractivity (Wildman–Crippen MR) is 185 cm³/mol. The number of para-hydroxylation sites is 1. The number of rotatable bonds is 7. The van der Waals surface area contributed by atoms with E-state index in [-0.39, 0.29) is 79.9 Å². The van der Waals surface area contributed by atoms with Crippen molar-refractivity contribution in [2.75, 3.05) is 68.0 Å². The Balaban J connectivity index is 1.37. The number of nitrogens with one attached hydrogen (secondary N) is 2. The van der Waals surface area contributed by atoms with E-state index in [9.17, 15) is 28.4 Å². The molecule has 1 aromatic heterocycles. The number of fused-ring (bicyclic) bond motifs is 3. The lowest BCUT2D eigenvalue weighted by atomic mass is 10.1. The van der Waals surface area contributed by atoms with Crippen LogP contribution in [0.5, 0.6) is 5.75 Å². The third-order valence-corrected chi connectivity index (χ3v) is 9.49. The summed E-state index contributed by atoms with van der Waals surface area (Å²) >= 11 is 0. The van der Waals surface area contributed by atoms with Crippen molar-refractivity contribution in [2.24, 2.45) is 0 Å². The molecule has 0 spiro atoms. The van der Waals surface area contributed by atoms with E-state index >= 15 is 0 Å². The highest BCUT2D eigenvalue weighted by Gasteiger charge is 2.38. The molecule has 2 aliphatic heterocycles. The average Bonchev–Trinajstić information content (AvgIpc) is 3.69. The fourth-order valence-corrected chi connectivity index (χ4v) is 6.56. The highest BCUT2D eigenvalue weighted by molar-refractivity contribution is 5.99. The van der Waals surface area contributed by atoms with E-state index in [4.69, 9.17) is 4.74 Å². The first-order chi connectivity index (χ1) is 23.8. The van der Waals surface area contributed by atoms with Gasteiger partial charge >= 0.3 is 0 Å². The zero-order chi connectivity index (χ0) is 36.1. The van der Waals surface area contributed by atoms with Crippen molar-refractivity contribution < 1.29 is 33.1 Å². The van der Waals surface area contributed by atoms with Crippen molar-refractivity contribution in [3.8, 4) is 5.75 Å². The highest BCUT2D eigenvalue weighted by atomic mass is 19.1. The largest absolute Gasteiger partial charge is 0.491 e. The predicted octanol–water partition coefficient (Wildman–Crippen LogP) is 1.73. The topological polar surface area (TPSA) is 139 Å². The van der Waals surface area contributed by atoms with Gasteiger partial charge in [-0.1, -0.05) is 18.2 Å². The van der Waals surface area contributed by atoms with E-state index in [1.165, 1.54) is 40.9 Å². The van der Waals surface area contributed by atoms with Crippen LogP contribution in [0.15, 0.2) is 48.7 Å². The Morgan fingerprint density at radius 1 is 1.04 bits per heavy atom. The fourth-order valence-electron chi connectivity index (χ4n) is 6.56. The minimum atomic E-state index is -1.03. The molecule has 14 heteroatoms. The van der Waals surface area contributed by atoms with Crippen LogP contribution in [0.25, 0.3) is 10.9 Å². The number of amides is 5. The number of likely N-dealkylation sites (N-methyl/N-ethyl adjacent to an activating group) is 4. The summed E-state index contributed by atoms with van der Waals surface area (Å²) in [5.41, 5.74) is 1.70. The monoisotopic (exact) mass is 691 g/mol. The summed E-state index contributed by atoms with van der Waals surface area (Å²) in [4.78, 5) is 78.5. The normalized spacial score (nSPS) is 20.7. The summed E-state index contributed by atoms with van der Waals surface area (Å²) in [6.45, 7) is 0.905. The quantitative estimate of drug-likeness (QED) is 0.385. The van der Waals surface area contributed by atoms with Crippen LogP contribution in [0.1, 0.15) is 35.2 Å². The van der Waals surface area contributed by atoms with Crippen LogP contribution in [-0.2, 0) is 25.6 Å². The molecule has 13 nitrogen and oxygen atoms in total. The van der Waals surface area contributed by atoms with Gasteiger partial charge < -0.3 is 39.5 Å². The number of H-pyrrole nitrogens is 1. The first kappa shape index (κ1) is 36.3. The van der Waals surface area contributed by atoms with E-state index in [1.807, 2.05) is 49.5 Å². The molecule has 2 N–H and O–H groups in total. The molecule has 0 unspecified atom stereocenters. The molecule has 268 valence electrons. The summed E-state index contributed by atoms with van der Waals surface area (Å²) in [6.07, 6.45) is 2.21. The van der Waals surface area contributed by atoms with E-state index in [1.54, 1.807) is 11.9 Å². The third-order valence-electron chi connectivity index (χ3n) is 9.49. The van der Waals surface area contributed by atoms with Crippen LogP contribution >= 0.6 is 0 Å². The zero-order valence-corrected chi connectivity index (χ0v) is 29.3. The Morgan fingerprint density at radius 2 is 1.80 bits per heavy atom. The van der Waals surface area contributed by atoms with E-state index in [0.717, 1.165) is 22.5 Å². The summed E-state index contributed by atoms with van der Waals surface area (Å²) in [6, 6.07) is 9.38. The Kier molecular flexibility index (Phi) is 11.4. The van der Waals surface area contributed by atoms with Crippen LogP contribution < -0.4 is 10.1 Å². The van der Waals surface area contributed by atoms with Gasteiger partial charge in [-0.25, -0.2) is 4.39 Å². The molecule has 2 aromatic carbocycles. The summed E-state index contributed by atoms with van der Waals surface area (Å²) < 4.78 is 20.7. The van der Waals surface area contributed by atoms with Crippen LogP contribution in [0.4, 0.5) is 4.39 Å². The van der Waals surface area contributed by atoms with Gasteiger partial charge in [-0.15, -0.1) is 0 Å². The Morgan fingerprint density at radius 3 is 2.56 bits per heavy atom. The van der Waals surface area contributed by atoms with Crippen LogP contribution in [0.2, 0.25) is 0 Å². The maximum absolute atomic E-state index is 14.6. The lowest BCUT2D eigenvalue weighted by Crippen LogP contribution is -2.50. The molecule has 1 saturated heterocycles. The molecule has 0 radical (unpaired) electrons. The lowest BCUT2D eigenvalue weighted by molar-refractivity contribution is -0.141. The van der Waals surface area contributed by atoms with Crippen LogP contribution in [-0.4, -0.2) is 145 Å². The zero-order valence-electron chi connectivity index (χ0n) is 29.3. The Labute approximate surface area is 291 Å². The Hall–Kier alpha value is -4.98. The van der Waals surface area contributed by atoms with Gasteiger partial charge in [0.1, 0.15) is 24.2 Å². The molecule has 3 aromatic rings. The van der Waals surface area contributed by atoms with Gasteiger partial charge in [-0.3, -0.25) is 24.0 Å². The van der Waals surface area contributed by atoms with E-state index < -0.39 is 23.8 Å². The molecule has 50 heavy (non-hydrogen) atoms. The molecule has 1 fully saturated rings. The molecule has 0 aliphatic carbocycles. The minimum Gasteiger partial charge on any atom is -0.491 e. The first-order valence-corrected chi connectivity index (χ1v) is 16.8. The van der Waals surface area contributed by atoms with Gasteiger partial charge in [0.25, 0.3) is 5.91 Å². The number of aromatic nitrogens is 1. The maximum Gasteiger partial charge on any atom is 0.258 e. The smallest absolute Gasteiger partial charge is 0.258 e. The van der Waals surface area contributed by atoms with Crippen molar-refractivity contribution in [1.82, 2.24) is 34.8 Å². The molecule has 3 heterocycles. The lowest BCUT2D eigenvalue weighted by Gasteiger charge is -2.32. The highest BCUT2D eigenvalue weighted by Crippen LogP contribution is 2.27. The third kappa shape index (κ3) is 8.41. The van der Waals surface area contributed by atoms with Gasteiger partial charge in [0.05, 0.1) is 24.6 Å². The molecule has 3 atom stereocenters. The van der Waals surface area contributed by atoms with E-state index in [2.05, 4.69) is 10.3 Å². The van der Waals surface area contributed by atoms with Crippen molar-refractivity contribution in [1.29, 1.82) is 0 Å². The number of benzene rings is 2. The summed E-state index contributed by atoms with van der Waals surface area (Å²) in [7, 11) is 8.37. The second kappa shape index (κ2) is 15.7. The molecule has 2 aliphatic rings. The Bertz CT molecular complexity index is 1740. The number of carbonyl (C=O) groups is 5. The van der Waals surface area contributed by atoms with Gasteiger partial charge in [-0.2, -0.15) is 0 Å². The van der Waals surface area contributed by atoms with Crippen LogP contribution in [0, 0.1) is 5.82 Å². The van der Waals surface area contributed by atoms with Gasteiger partial charge in [0, 0.05) is 70.3 Å². The minimum absolute atomic E-state index is 0.00682. The number of halogens is 1. The number of ether oxygens (including phenoxy) is 1. The van der Waals surface area contributed by atoms with Gasteiger partial charge in [-0.05, 0) is 56.8 Å². The first-order valence-electron chi connectivity index (χ1n) is 16.8. The van der Waals surface area contributed by atoms with Gasteiger partial charge in [0.15, 0.2) is 0 Å². The van der Waals surface area contributed by atoms with Gasteiger partial charge in [0.2, 0.25) is 23.6 Å². The number of nitrogens with zero attached hydrogens (tertiary/aromatic N) is 5. The molecule has 0 bridgehead atoms. The maximum atomic E-state index is 14.6. The summed E-state index contributed by atoms with van der Waals surface area (Å²) in [5, 5.41) is 4.01. The number of hydrogen-bond donors (Lipinski definition) is 2. The number of hydrogen-bond acceptors (Lipinski definition) is 7. The number of aromatic amines is 1. The second-order valence-electron chi connectivity index (χ2n) is 13.5. The van der Waals surface area contributed by atoms with Crippen molar-refractivity contribution in [2.45, 2.75) is 43.8 Å². The van der Waals surface area contributed by atoms with Crippen molar-refractivity contribution in [3.63, 3.8) is 0 Å². The summed E-state index contributed by atoms with van der Waals surface area (Å²) in [5.74, 6) is -2.48. The van der Waals surface area contributed by atoms with Crippen molar-refractivity contribution >= 4 is 40.4 Å². The SMILES string of the molecule is CN(C)CCN(C)C(=O)[C@@H]1CCC(=O)N(C)CC(=O)N2C[C@@H](NC(=O)Cc3c[nH]c4ccccc34)C[C@H]2COc2ccc(F)cc2C(=O)N1C.